The van der Waals surface area contributed by atoms with Crippen molar-refractivity contribution in [2.24, 2.45) is 17.8 Å². The van der Waals surface area contributed by atoms with Crippen LogP contribution in [0.3, 0.4) is 0 Å². The van der Waals surface area contributed by atoms with Gasteiger partial charge in [-0.3, -0.25) is 37.3 Å². The number of hydrogen-bond acceptors (Lipinski definition) is 15. The molecule has 0 radical (unpaired) electrons. The van der Waals surface area contributed by atoms with Crippen LogP contribution in [0.15, 0.2) is 24.3 Å². The van der Waals surface area contributed by atoms with Gasteiger partial charge < -0.3 is 33.8 Å². The Bertz CT molecular complexity index is 1840. The molecule has 0 aromatic rings. The monoisotopic (exact) mass is 1310 g/mol. The first-order valence-corrected chi connectivity index (χ1v) is 38.7. The molecule has 0 heterocycles. The van der Waals surface area contributed by atoms with Gasteiger partial charge in [-0.05, 0) is 69.1 Å². The van der Waals surface area contributed by atoms with E-state index in [0.717, 1.165) is 121 Å². The molecular formula is C70H132O17P2. The van der Waals surface area contributed by atoms with Gasteiger partial charge in [0, 0.05) is 25.7 Å². The lowest BCUT2D eigenvalue weighted by atomic mass is 10.0. The number of carbonyl (C=O) groups excluding carboxylic acids is 4. The van der Waals surface area contributed by atoms with Crippen molar-refractivity contribution in [3.8, 4) is 0 Å². The minimum atomic E-state index is -4.96. The van der Waals surface area contributed by atoms with Crippen molar-refractivity contribution >= 4 is 39.5 Å². The van der Waals surface area contributed by atoms with Crippen molar-refractivity contribution in [1.82, 2.24) is 0 Å². The standard InChI is InChI=1S/C70H132O17P2/c1-8-9-10-11-12-13-14-15-16-17-21-24-29-37-44-51-67(72)80-57-65(87-70(75)54-47-40-31-26-28-35-42-49-62(4)5)59-84-88(76,77)82-55-64(71)56-83-89(78,79)85-60-66(58-81-68(73)52-45-38-33-32-36-43-50-63(6)7)86-69(74)53-46-39-30-25-22-19-18-20-23-27-34-41-48-61(2)3/h13-16,61-66,71H,8-12,17-60H2,1-7H3,(H,76,77)(H,78,79)/b14-13-,16-15-/t64-,65-,66-/m1/s1. The summed E-state index contributed by atoms with van der Waals surface area (Å²) in [7, 11) is -9.91. The van der Waals surface area contributed by atoms with E-state index in [1.807, 2.05) is 0 Å². The van der Waals surface area contributed by atoms with Crippen LogP contribution in [-0.2, 0) is 65.4 Å². The number of aliphatic hydroxyl groups excluding tert-OH is 1. The number of ether oxygens (including phenoxy) is 4. The highest BCUT2D eigenvalue weighted by molar-refractivity contribution is 7.47. The van der Waals surface area contributed by atoms with Gasteiger partial charge in [-0.2, -0.15) is 0 Å². The van der Waals surface area contributed by atoms with Gasteiger partial charge in [0.25, 0.3) is 0 Å². The Kier molecular flexibility index (Phi) is 58.8. The van der Waals surface area contributed by atoms with E-state index >= 15 is 0 Å². The molecule has 0 bridgehead atoms. The Morgan fingerprint density at radius 3 is 0.910 bits per heavy atom. The molecule has 0 aromatic heterocycles. The molecule has 17 nitrogen and oxygen atoms in total. The van der Waals surface area contributed by atoms with Crippen molar-refractivity contribution in [3.63, 3.8) is 0 Å². The second-order valence-electron chi connectivity index (χ2n) is 26.0. The van der Waals surface area contributed by atoms with Gasteiger partial charge in [0.2, 0.25) is 0 Å². The van der Waals surface area contributed by atoms with Gasteiger partial charge in [0.05, 0.1) is 26.4 Å². The molecule has 0 saturated carbocycles. The Balaban J connectivity index is 5.25. The van der Waals surface area contributed by atoms with E-state index in [1.165, 1.54) is 109 Å². The maximum atomic E-state index is 13.0. The summed E-state index contributed by atoms with van der Waals surface area (Å²) >= 11 is 0. The smallest absolute Gasteiger partial charge is 0.462 e. The van der Waals surface area contributed by atoms with Crippen LogP contribution in [0.1, 0.15) is 325 Å². The van der Waals surface area contributed by atoms with Gasteiger partial charge in [-0.1, -0.05) is 272 Å². The van der Waals surface area contributed by atoms with Crippen LogP contribution in [-0.4, -0.2) is 96.7 Å². The van der Waals surface area contributed by atoms with Crippen LogP contribution < -0.4 is 0 Å². The number of phosphoric ester groups is 2. The van der Waals surface area contributed by atoms with Gasteiger partial charge in [0.1, 0.15) is 19.3 Å². The number of allylic oxidation sites excluding steroid dienone is 4. The lowest BCUT2D eigenvalue weighted by Gasteiger charge is -2.21. The summed E-state index contributed by atoms with van der Waals surface area (Å²) in [6, 6.07) is 0. The number of hydrogen-bond donors (Lipinski definition) is 3. The van der Waals surface area contributed by atoms with E-state index in [-0.39, 0.29) is 25.7 Å². The molecule has 19 heteroatoms. The first kappa shape index (κ1) is 86.5. The first-order valence-electron chi connectivity index (χ1n) is 35.7. The number of phosphoric acid groups is 2. The first-order chi connectivity index (χ1) is 42.7. The van der Waals surface area contributed by atoms with Crippen LogP contribution in [0.4, 0.5) is 0 Å². The zero-order chi connectivity index (χ0) is 65.9. The fourth-order valence-electron chi connectivity index (χ4n) is 10.0. The zero-order valence-corrected chi connectivity index (χ0v) is 59.2. The molecule has 2 unspecified atom stereocenters. The molecule has 5 atom stereocenters. The summed E-state index contributed by atoms with van der Waals surface area (Å²) in [6.45, 7) is 11.6. The minimum absolute atomic E-state index is 0.0961. The van der Waals surface area contributed by atoms with E-state index in [4.69, 9.17) is 37.0 Å². The highest BCUT2D eigenvalue weighted by atomic mass is 31.2. The quantitative estimate of drug-likeness (QED) is 0.0169. The summed E-state index contributed by atoms with van der Waals surface area (Å²) in [5, 5.41) is 10.6. The Morgan fingerprint density at radius 2 is 0.607 bits per heavy atom. The van der Waals surface area contributed by atoms with Crippen molar-refractivity contribution in [2.45, 2.75) is 343 Å². The lowest BCUT2D eigenvalue weighted by Crippen LogP contribution is -2.30. The molecule has 89 heavy (non-hydrogen) atoms. The maximum Gasteiger partial charge on any atom is 0.472 e. The van der Waals surface area contributed by atoms with E-state index < -0.39 is 97.5 Å². The molecule has 0 fully saturated rings. The van der Waals surface area contributed by atoms with Crippen LogP contribution in [0.25, 0.3) is 0 Å². The highest BCUT2D eigenvalue weighted by Gasteiger charge is 2.30. The Labute approximate surface area is 542 Å². The van der Waals surface area contributed by atoms with Crippen LogP contribution in [0.2, 0.25) is 0 Å². The minimum Gasteiger partial charge on any atom is -0.462 e. The fourth-order valence-corrected chi connectivity index (χ4v) is 11.6. The predicted molar refractivity (Wildman–Crippen MR) is 358 cm³/mol. The third kappa shape index (κ3) is 64.1. The summed E-state index contributed by atoms with van der Waals surface area (Å²) < 4.78 is 68.2. The summed E-state index contributed by atoms with van der Waals surface area (Å²) in [5.41, 5.74) is 0. The molecule has 0 rings (SSSR count). The Hall–Kier alpha value is -2.46. The third-order valence-corrected chi connectivity index (χ3v) is 17.4. The number of unbranched alkanes of at least 4 members (excludes halogenated alkanes) is 31. The van der Waals surface area contributed by atoms with Gasteiger partial charge in [-0.25, -0.2) is 9.13 Å². The lowest BCUT2D eigenvalue weighted by molar-refractivity contribution is -0.161. The molecule has 0 amide bonds. The van der Waals surface area contributed by atoms with Crippen molar-refractivity contribution in [2.75, 3.05) is 39.6 Å². The molecule has 3 N–H and O–H groups in total. The molecular weight excluding hydrogens is 1170 g/mol. The number of carbonyl (C=O) groups is 4. The molecule has 0 saturated heterocycles. The second kappa shape index (κ2) is 60.5. The number of rotatable bonds is 66. The summed E-state index contributed by atoms with van der Waals surface area (Å²) in [4.78, 5) is 72.4. The van der Waals surface area contributed by atoms with E-state index in [2.05, 4.69) is 72.8 Å². The normalized spacial score (nSPS) is 14.4. The van der Waals surface area contributed by atoms with Crippen molar-refractivity contribution in [3.05, 3.63) is 24.3 Å². The Morgan fingerprint density at radius 1 is 0.348 bits per heavy atom. The van der Waals surface area contributed by atoms with E-state index in [1.54, 1.807) is 0 Å². The number of esters is 4. The molecule has 0 aliphatic carbocycles. The topological polar surface area (TPSA) is 237 Å². The summed E-state index contributed by atoms with van der Waals surface area (Å²) in [5.74, 6) is -0.0160. The third-order valence-electron chi connectivity index (χ3n) is 15.5. The molecule has 524 valence electrons. The largest absolute Gasteiger partial charge is 0.472 e. The van der Waals surface area contributed by atoms with Crippen molar-refractivity contribution in [1.29, 1.82) is 0 Å². The maximum absolute atomic E-state index is 13.0. The highest BCUT2D eigenvalue weighted by Crippen LogP contribution is 2.45. The summed E-state index contributed by atoms with van der Waals surface area (Å²) in [6.07, 6.45) is 46.9. The van der Waals surface area contributed by atoms with Crippen LogP contribution in [0, 0.1) is 17.8 Å². The van der Waals surface area contributed by atoms with E-state index in [9.17, 15) is 43.2 Å². The van der Waals surface area contributed by atoms with E-state index in [0.29, 0.717) is 37.5 Å². The molecule has 0 spiro atoms. The average molecular weight is 1310 g/mol. The van der Waals surface area contributed by atoms with Crippen LogP contribution >= 0.6 is 15.6 Å². The van der Waals surface area contributed by atoms with Gasteiger partial charge in [-0.15, -0.1) is 0 Å². The molecule has 0 aliphatic heterocycles. The van der Waals surface area contributed by atoms with Crippen molar-refractivity contribution < 1.29 is 80.2 Å². The van der Waals surface area contributed by atoms with Gasteiger partial charge in [0.15, 0.2) is 12.2 Å². The second-order valence-corrected chi connectivity index (χ2v) is 28.9. The number of aliphatic hydroxyl groups is 1. The van der Waals surface area contributed by atoms with Crippen LogP contribution in [0.5, 0.6) is 0 Å². The molecule has 0 aromatic carbocycles. The predicted octanol–water partition coefficient (Wildman–Crippen LogP) is 19.4. The van der Waals surface area contributed by atoms with Gasteiger partial charge >= 0.3 is 39.5 Å². The molecule has 0 aliphatic rings. The average Bonchev–Trinajstić information content (AvgIpc) is 3.65. The SMILES string of the molecule is CCCCCC/C=C\C=C/CCCCCCCC(=O)OC[C@H](COP(=O)(O)OC[C@@H](O)COP(=O)(O)OC[C@@H](COC(=O)CCCCCCCCC(C)C)OC(=O)CCCCCCCCCCCCCCC(C)C)OC(=O)CCCCCCCCCC(C)C. The zero-order valence-electron chi connectivity index (χ0n) is 57.4. The fraction of sp³-hybridized carbons (Fsp3) is 0.886.